The molecule has 0 aliphatic rings. The topological polar surface area (TPSA) is 141 Å². The van der Waals surface area contributed by atoms with Gasteiger partial charge in [-0.25, -0.2) is 13.2 Å². The van der Waals surface area contributed by atoms with Crippen molar-refractivity contribution in [1.82, 2.24) is 15.3 Å². The highest BCUT2D eigenvalue weighted by atomic mass is 32.2. The average molecular weight is 416 g/mol. The van der Waals surface area contributed by atoms with Crippen LogP contribution in [0.2, 0.25) is 0 Å². The normalized spacial score (nSPS) is 11.6. The van der Waals surface area contributed by atoms with E-state index in [1.165, 1.54) is 26.0 Å². The first-order valence-corrected chi connectivity index (χ1v) is 10.4. The molecule has 152 valence electrons. The molecule has 0 aliphatic heterocycles. The third-order valence-electron chi connectivity index (χ3n) is 4.27. The Morgan fingerprint density at radius 2 is 1.72 bits per heavy atom. The van der Waals surface area contributed by atoms with Crippen molar-refractivity contribution in [3.05, 3.63) is 58.5 Å². The van der Waals surface area contributed by atoms with E-state index < -0.39 is 26.9 Å². The second-order valence-corrected chi connectivity index (χ2v) is 9.13. The number of carbonyl (C=O) groups excluding carboxylic acids is 2. The fourth-order valence-corrected chi connectivity index (χ4v) is 3.97. The first kappa shape index (κ1) is 20.3. The molecule has 0 bridgehead atoms. The van der Waals surface area contributed by atoms with Crippen LogP contribution in [0.1, 0.15) is 24.2 Å². The third kappa shape index (κ3) is 4.37. The van der Waals surface area contributed by atoms with Crippen LogP contribution in [0.25, 0.3) is 11.0 Å². The molecule has 0 atom stereocenters. The van der Waals surface area contributed by atoms with Crippen LogP contribution in [0.4, 0.5) is 5.69 Å². The number of rotatable bonds is 6. The molecule has 9 nitrogen and oxygen atoms in total. The van der Waals surface area contributed by atoms with Crippen molar-refractivity contribution in [2.45, 2.75) is 24.0 Å². The van der Waals surface area contributed by atoms with E-state index in [9.17, 15) is 22.8 Å². The smallest absolute Gasteiger partial charge is 0.323 e. The van der Waals surface area contributed by atoms with E-state index in [4.69, 9.17) is 0 Å². The molecule has 29 heavy (non-hydrogen) atoms. The van der Waals surface area contributed by atoms with E-state index >= 15 is 0 Å². The van der Waals surface area contributed by atoms with Gasteiger partial charge < -0.3 is 20.6 Å². The molecule has 0 fully saturated rings. The highest BCUT2D eigenvalue weighted by Gasteiger charge is 2.25. The lowest BCUT2D eigenvalue weighted by Gasteiger charge is -2.13. The fourth-order valence-electron chi connectivity index (χ4n) is 2.73. The number of amides is 2. The predicted octanol–water partition coefficient (Wildman–Crippen LogP) is 1.41. The maximum Gasteiger partial charge on any atom is 0.323 e. The summed E-state index contributed by atoms with van der Waals surface area (Å²) < 4.78 is 24.9. The highest BCUT2D eigenvalue weighted by Crippen LogP contribution is 2.20. The summed E-state index contributed by atoms with van der Waals surface area (Å²) in [6, 6.07) is 10.7. The number of aromatic amines is 2. The summed E-state index contributed by atoms with van der Waals surface area (Å²) in [5.74, 6) is -1.16. The third-order valence-corrected chi connectivity index (χ3v) is 6.48. The van der Waals surface area contributed by atoms with Crippen LogP contribution in [0.3, 0.4) is 0 Å². The molecule has 1 heterocycles. The van der Waals surface area contributed by atoms with Crippen molar-refractivity contribution in [3.8, 4) is 0 Å². The summed E-state index contributed by atoms with van der Waals surface area (Å²) in [4.78, 5) is 41.0. The molecule has 0 unspecified atom stereocenters. The van der Waals surface area contributed by atoms with E-state index in [0.29, 0.717) is 16.7 Å². The number of carbonyl (C=O) groups is 2. The van der Waals surface area contributed by atoms with Crippen LogP contribution < -0.4 is 16.3 Å². The number of H-pyrrole nitrogens is 2. The summed E-state index contributed by atoms with van der Waals surface area (Å²) in [5.41, 5.74) is 1.20. The lowest BCUT2D eigenvalue weighted by molar-refractivity contribution is -0.115. The highest BCUT2D eigenvalue weighted by molar-refractivity contribution is 7.92. The number of nitrogens with one attached hydrogen (secondary N) is 4. The lowest BCUT2D eigenvalue weighted by Crippen LogP contribution is -2.34. The van der Waals surface area contributed by atoms with Crippen molar-refractivity contribution >= 4 is 38.4 Å². The maximum atomic E-state index is 12.5. The van der Waals surface area contributed by atoms with Crippen LogP contribution in [0.15, 0.2) is 52.2 Å². The Morgan fingerprint density at radius 1 is 1.03 bits per heavy atom. The number of aromatic nitrogens is 2. The lowest BCUT2D eigenvalue weighted by atomic mass is 10.2. The van der Waals surface area contributed by atoms with Crippen molar-refractivity contribution < 1.29 is 18.0 Å². The van der Waals surface area contributed by atoms with Gasteiger partial charge in [-0.2, -0.15) is 0 Å². The van der Waals surface area contributed by atoms with E-state index in [-0.39, 0.29) is 22.7 Å². The summed E-state index contributed by atoms with van der Waals surface area (Å²) in [6.45, 7) is 2.72. The van der Waals surface area contributed by atoms with Gasteiger partial charge in [0.2, 0.25) is 5.91 Å². The first-order chi connectivity index (χ1) is 13.7. The molecule has 0 radical (unpaired) electrons. The Hall–Kier alpha value is -3.40. The number of sulfone groups is 1. The summed E-state index contributed by atoms with van der Waals surface area (Å²) in [7, 11) is -3.65. The minimum atomic E-state index is -3.65. The van der Waals surface area contributed by atoms with Gasteiger partial charge >= 0.3 is 5.69 Å². The summed E-state index contributed by atoms with van der Waals surface area (Å²) >= 11 is 0. The number of imidazole rings is 1. The Kier molecular flexibility index (Phi) is 5.55. The van der Waals surface area contributed by atoms with Crippen LogP contribution in [-0.2, 0) is 14.6 Å². The zero-order chi connectivity index (χ0) is 21.2. The standard InChI is InChI=1S/C19H20N4O5S/c1-11(2)29(27,28)16-6-4-3-5-13(16)18(25)20-10-17(24)21-12-7-8-14-15(9-12)23-19(26)22-14/h3-9,11H,10H2,1-2H3,(H,20,25)(H,21,24)(H2,22,23,26). The number of hydrogen-bond donors (Lipinski definition) is 4. The molecule has 4 N–H and O–H groups in total. The molecule has 10 heteroatoms. The van der Waals surface area contributed by atoms with E-state index in [0.717, 1.165) is 0 Å². The van der Waals surface area contributed by atoms with Crippen LogP contribution in [0, 0.1) is 0 Å². The van der Waals surface area contributed by atoms with Crippen molar-refractivity contribution in [1.29, 1.82) is 0 Å². The maximum absolute atomic E-state index is 12.5. The zero-order valence-electron chi connectivity index (χ0n) is 15.8. The van der Waals surface area contributed by atoms with Gasteiger partial charge in [0, 0.05) is 5.69 Å². The second kappa shape index (κ2) is 7.92. The zero-order valence-corrected chi connectivity index (χ0v) is 16.6. The second-order valence-electron chi connectivity index (χ2n) is 6.66. The molecule has 3 rings (SSSR count). The molecular formula is C19H20N4O5S. The van der Waals surface area contributed by atoms with Crippen LogP contribution in [0.5, 0.6) is 0 Å². The SMILES string of the molecule is CC(C)S(=O)(=O)c1ccccc1C(=O)NCC(=O)Nc1ccc2[nH]c(=O)[nH]c2c1. The van der Waals surface area contributed by atoms with Crippen LogP contribution in [-0.4, -0.2) is 42.0 Å². The van der Waals surface area contributed by atoms with Gasteiger partial charge in [-0.3, -0.25) is 9.59 Å². The molecule has 0 aliphatic carbocycles. The predicted molar refractivity (Wildman–Crippen MR) is 109 cm³/mol. The minimum Gasteiger partial charge on any atom is -0.343 e. The molecule has 0 saturated heterocycles. The van der Waals surface area contributed by atoms with Crippen molar-refractivity contribution in [3.63, 3.8) is 0 Å². The Labute approximate surface area is 166 Å². The fraction of sp³-hybridized carbons (Fsp3) is 0.211. The van der Waals surface area contributed by atoms with Crippen LogP contribution >= 0.6 is 0 Å². The Balaban J connectivity index is 1.69. The van der Waals surface area contributed by atoms with E-state index in [1.807, 2.05) is 0 Å². The summed E-state index contributed by atoms with van der Waals surface area (Å²) in [5, 5.41) is 4.35. The average Bonchev–Trinajstić information content (AvgIpc) is 3.05. The van der Waals surface area contributed by atoms with Gasteiger partial charge in [-0.1, -0.05) is 12.1 Å². The molecule has 0 spiro atoms. The first-order valence-electron chi connectivity index (χ1n) is 8.81. The van der Waals surface area contributed by atoms with Gasteiger partial charge in [-0.15, -0.1) is 0 Å². The molecular weight excluding hydrogens is 396 g/mol. The number of benzene rings is 2. The number of hydrogen-bond acceptors (Lipinski definition) is 5. The monoisotopic (exact) mass is 416 g/mol. The van der Waals surface area contributed by atoms with E-state index in [1.54, 1.807) is 30.3 Å². The Morgan fingerprint density at radius 3 is 2.45 bits per heavy atom. The molecule has 0 saturated carbocycles. The Bertz CT molecular complexity index is 1240. The molecule has 3 aromatic rings. The van der Waals surface area contributed by atoms with Crippen molar-refractivity contribution in [2.24, 2.45) is 0 Å². The number of fused-ring (bicyclic) bond motifs is 1. The van der Waals surface area contributed by atoms with E-state index in [2.05, 4.69) is 20.6 Å². The number of anilines is 1. The van der Waals surface area contributed by atoms with Gasteiger partial charge in [0.05, 0.1) is 33.3 Å². The summed E-state index contributed by atoms with van der Waals surface area (Å²) in [6.07, 6.45) is 0. The van der Waals surface area contributed by atoms with Gasteiger partial charge in [0.15, 0.2) is 9.84 Å². The minimum absolute atomic E-state index is 0.0136. The van der Waals surface area contributed by atoms with Gasteiger partial charge in [0.25, 0.3) is 5.91 Å². The quantitative estimate of drug-likeness (QED) is 0.481. The van der Waals surface area contributed by atoms with Gasteiger partial charge in [0.1, 0.15) is 0 Å². The molecule has 2 aromatic carbocycles. The van der Waals surface area contributed by atoms with Crippen molar-refractivity contribution in [2.75, 3.05) is 11.9 Å². The molecule has 1 aromatic heterocycles. The largest absolute Gasteiger partial charge is 0.343 e. The molecule has 2 amide bonds. The van der Waals surface area contributed by atoms with Gasteiger partial charge in [-0.05, 0) is 44.2 Å².